The number of hydrogen-bond acceptors (Lipinski definition) is 5. The van der Waals surface area contributed by atoms with Crippen LogP contribution in [-0.2, 0) is 25.6 Å². The Bertz CT molecular complexity index is 680. The van der Waals surface area contributed by atoms with Crippen LogP contribution >= 0.6 is 11.8 Å². The standard InChI is InChI=1S/C16H19NO4S/c1-4-21-15(18)10-17-9-14(22-11(2)16(19)20-3)12-7-5-6-8-13(12)17/h5-9,11H,4,10H2,1-3H3. The number of carbonyl (C=O) groups is 2. The van der Waals surface area contributed by atoms with Crippen LogP contribution in [0.3, 0.4) is 0 Å². The lowest BCUT2D eigenvalue weighted by Gasteiger charge is -2.07. The Morgan fingerprint density at radius 1 is 1.32 bits per heavy atom. The summed E-state index contributed by atoms with van der Waals surface area (Å²) in [4.78, 5) is 24.3. The lowest BCUT2D eigenvalue weighted by molar-refractivity contribution is -0.143. The molecule has 0 aliphatic heterocycles. The molecule has 1 aromatic heterocycles. The maximum Gasteiger partial charge on any atom is 0.325 e. The number of rotatable bonds is 6. The lowest BCUT2D eigenvalue weighted by Crippen LogP contribution is -2.14. The number of thioether (sulfide) groups is 1. The molecule has 118 valence electrons. The predicted molar refractivity (Wildman–Crippen MR) is 85.9 cm³/mol. The van der Waals surface area contributed by atoms with Crippen LogP contribution in [0.2, 0.25) is 0 Å². The average Bonchev–Trinajstić information content (AvgIpc) is 2.84. The van der Waals surface area contributed by atoms with Gasteiger partial charge in [-0.3, -0.25) is 9.59 Å². The fourth-order valence-electron chi connectivity index (χ4n) is 2.19. The summed E-state index contributed by atoms with van der Waals surface area (Å²) >= 11 is 1.42. The summed E-state index contributed by atoms with van der Waals surface area (Å²) in [7, 11) is 1.38. The first-order valence-electron chi connectivity index (χ1n) is 7.04. The summed E-state index contributed by atoms with van der Waals surface area (Å²) in [6.07, 6.45) is 1.88. The van der Waals surface area contributed by atoms with E-state index >= 15 is 0 Å². The van der Waals surface area contributed by atoms with Gasteiger partial charge in [0, 0.05) is 22.0 Å². The van der Waals surface area contributed by atoms with Gasteiger partial charge in [0.25, 0.3) is 0 Å². The molecule has 0 aliphatic rings. The molecule has 1 unspecified atom stereocenters. The Kier molecular flexibility index (Phi) is 5.49. The molecule has 0 saturated carbocycles. The quantitative estimate of drug-likeness (QED) is 0.605. The van der Waals surface area contributed by atoms with Crippen molar-refractivity contribution in [1.82, 2.24) is 4.57 Å². The predicted octanol–water partition coefficient (Wildman–Crippen LogP) is 2.86. The highest BCUT2D eigenvalue weighted by Crippen LogP contribution is 2.33. The van der Waals surface area contributed by atoms with E-state index in [0.29, 0.717) is 6.61 Å². The third kappa shape index (κ3) is 3.62. The average molecular weight is 321 g/mol. The summed E-state index contributed by atoms with van der Waals surface area (Å²) in [5.41, 5.74) is 0.940. The highest BCUT2D eigenvalue weighted by atomic mass is 32.2. The number of hydrogen-bond donors (Lipinski definition) is 0. The first-order valence-corrected chi connectivity index (χ1v) is 7.92. The first kappa shape index (κ1) is 16.4. The maximum absolute atomic E-state index is 11.7. The van der Waals surface area contributed by atoms with Crippen molar-refractivity contribution in [2.45, 2.75) is 30.5 Å². The number of methoxy groups -OCH3 is 1. The molecule has 0 amide bonds. The van der Waals surface area contributed by atoms with Crippen molar-refractivity contribution in [3.05, 3.63) is 30.5 Å². The first-order chi connectivity index (χ1) is 10.6. The molecule has 6 heteroatoms. The van der Waals surface area contributed by atoms with Crippen molar-refractivity contribution < 1.29 is 19.1 Å². The van der Waals surface area contributed by atoms with E-state index in [-0.39, 0.29) is 23.7 Å². The van der Waals surface area contributed by atoms with E-state index in [2.05, 4.69) is 0 Å². The van der Waals surface area contributed by atoms with Gasteiger partial charge in [0.1, 0.15) is 11.8 Å². The van der Waals surface area contributed by atoms with E-state index in [1.807, 2.05) is 35.0 Å². The number of esters is 2. The molecule has 1 aromatic carbocycles. The van der Waals surface area contributed by atoms with E-state index < -0.39 is 0 Å². The summed E-state index contributed by atoms with van der Waals surface area (Å²) in [5.74, 6) is -0.548. The molecule has 0 bridgehead atoms. The monoisotopic (exact) mass is 321 g/mol. The Morgan fingerprint density at radius 2 is 2.05 bits per heavy atom. The van der Waals surface area contributed by atoms with Gasteiger partial charge in [-0.15, -0.1) is 11.8 Å². The number of aromatic nitrogens is 1. The number of benzene rings is 1. The lowest BCUT2D eigenvalue weighted by atomic mass is 10.2. The highest BCUT2D eigenvalue weighted by molar-refractivity contribution is 8.00. The topological polar surface area (TPSA) is 57.5 Å². The van der Waals surface area contributed by atoms with Gasteiger partial charge >= 0.3 is 11.9 Å². The largest absolute Gasteiger partial charge is 0.468 e. The molecular formula is C16H19NO4S. The van der Waals surface area contributed by atoms with Crippen LogP contribution in [0.25, 0.3) is 10.9 Å². The summed E-state index contributed by atoms with van der Waals surface area (Å²) in [6.45, 7) is 4.10. The van der Waals surface area contributed by atoms with Gasteiger partial charge in [-0.2, -0.15) is 0 Å². The van der Waals surface area contributed by atoms with Gasteiger partial charge in [0.05, 0.1) is 13.7 Å². The summed E-state index contributed by atoms with van der Waals surface area (Å²) < 4.78 is 11.6. The van der Waals surface area contributed by atoms with Gasteiger partial charge in [-0.1, -0.05) is 18.2 Å². The maximum atomic E-state index is 11.7. The molecule has 0 radical (unpaired) electrons. The molecule has 2 aromatic rings. The minimum Gasteiger partial charge on any atom is -0.468 e. The molecule has 22 heavy (non-hydrogen) atoms. The van der Waals surface area contributed by atoms with Crippen LogP contribution in [0, 0.1) is 0 Å². The zero-order chi connectivity index (χ0) is 16.1. The summed E-state index contributed by atoms with van der Waals surface area (Å²) in [6, 6.07) is 7.77. The van der Waals surface area contributed by atoms with Gasteiger partial charge in [0.15, 0.2) is 0 Å². The van der Waals surface area contributed by atoms with Crippen LogP contribution in [0.1, 0.15) is 13.8 Å². The zero-order valence-electron chi connectivity index (χ0n) is 12.9. The number of carbonyl (C=O) groups excluding carboxylic acids is 2. The van der Waals surface area contributed by atoms with Crippen LogP contribution < -0.4 is 0 Å². The molecule has 2 rings (SSSR count). The fourth-order valence-corrected chi connectivity index (χ4v) is 3.25. The van der Waals surface area contributed by atoms with Crippen molar-refractivity contribution in [3.8, 4) is 0 Å². The highest BCUT2D eigenvalue weighted by Gasteiger charge is 2.18. The van der Waals surface area contributed by atoms with Crippen molar-refractivity contribution in [2.75, 3.05) is 13.7 Å². The molecular weight excluding hydrogens is 302 g/mol. The van der Waals surface area contributed by atoms with Crippen molar-refractivity contribution in [1.29, 1.82) is 0 Å². The van der Waals surface area contributed by atoms with Crippen molar-refractivity contribution in [3.63, 3.8) is 0 Å². The van der Waals surface area contributed by atoms with E-state index in [4.69, 9.17) is 9.47 Å². The second kappa shape index (κ2) is 7.35. The Balaban J connectivity index is 2.31. The van der Waals surface area contributed by atoms with Gasteiger partial charge < -0.3 is 14.0 Å². The van der Waals surface area contributed by atoms with E-state index in [0.717, 1.165) is 15.8 Å². The number of para-hydroxylation sites is 1. The molecule has 1 atom stereocenters. The third-order valence-electron chi connectivity index (χ3n) is 3.19. The third-order valence-corrected chi connectivity index (χ3v) is 4.32. The van der Waals surface area contributed by atoms with Crippen molar-refractivity contribution >= 4 is 34.6 Å². The van der Waals surface area contributed by atoms with Gasteiger partial charge in [-0.05, 0) is 19.9 Å². The Hall–Kier alpha value is -1.95. The molecule has 1 heterocycles. The van der Waals surface area contributed by atoms with Gasteiger partial charge in [-0.25, -0.2) is 0 Å². The molecule has 0 N–H and O–H groups in total. The van der Waals surface area contributed by atoms with Gasteiger partial charge in [0.2, 0.25) is 0 Å². The Labute approximate surface area is 133 Å². The molecule has 0 fully saturated rings. The minimum absolute atomic E-state index is 0.154. The van der Waals surface area contributed by atoms with E-state index in [1.165, 1.54) is 18.9 Å². The summed E-state index contributed by atoms with van der Waals surface area (Å²) in [5, 5.41) is 0.694. The van der Waals surface area contributed by atoms with E-state index in [9.17, 15) is 9.59 Å². The number of ether oxygens (including phenoxy) is 2. The molecule has 5 nitrogen and oxygen atoms in total. The van der Waals surface area contributed by atoms with Crippen molar-refractivity contribution in [2.24, 2.45) is 0 Å². The second-order valence-electron chi connectivity index (χ2n) is 4.73. The molecule has 0 saturated heterocycles. The zero-order valence-corrected chi connectivity index (χ0v) is 13.7. The fraction of sp³-hybridized carbons (Fsp3) is 0.375. The van der Waals surface area contributed by atoms with Crippen LogP contribution in [-0.4, -0.2) is 35.5 Å². The van der Waals surface area contributed by atoms with Crippen LogP contribution in [0.5, 0.6) is 0 Å². The normalized spacial score (nSPS) is 12.1. The van der Waals surface area contributed by atoms with E-state index in [1.54, 1.807) is 13.8 Å². The number of nitrogens with zero attached hydrogens (tertiary/aromatic N) is 1. The molecule has 0 aliphatic carbocycles. The second-order valence-corrected chi connectivity index (χ2v) is 6.11. The molecule has 0 spiro atoms. The number of fused-ring (bicyclic) bond motifs is 1. The minimum atomic E-state index is -0.313. The SMILES string of the molecule is CCOC(=O)Cn1cc(SC(C)C(=O)OC)c2ccccc21. The smallest absolute Gasteiger partial charge is 0.325 e. The van der Waals surface area contributed by atoms with Crippen LogP contribution in [0.4, 0.5) is 0 Å². The van der Waals surface area contributed by atoms with Crippen LogP contribution in [0.15, 0.2) is 35.4 Å². The Morgan fingerprint density at radius 3 is 2.73 bits per heavy atom.